The smallest absolute Gasteiger partial charge is 0.475 e. The van der Waals surface area contributed by atoms with Crippen LogP contribution in [0.5, 0.6) is 0 Å². The molecular weight excluding hydrogens is 603 g/mol. The molecule has 0 bridgehead atoms. The summed E-state index contributed by atoms with van der Waals surface area (Å²) in [4.78, 5) is 32.1. The van der Waals surface area contributed by atoms with Crippen molar-refractivity contribution >= 4 is 43.0 Å². The van der Waals surface area contributed by atoms with Crippen molar-refractivity contribution in [1.82, 2.24) is 24.4 Å². The number of carbonyl (C=O) groups excluding carboxylic acids is 1. The van der Waals surface area contributed by atoms with Gasteiger partial charge in [-0.15, -0.1) is 0 Å². The van der Waals surface area contributed by atoms with Crippen molar-refractivity contribution < 1.29 is 44.7 Å². The number of nitrogens with zero attached hydrogens (tertiary/aromatic N) is 2. The average molecular weight is 626 g/mol. The first kappa shape index (κ1) is 30.6. The first-order chi connectivity index (χ1) is 19.7. The van der Waals surface area contributed by atoms with E-state index in [1.165, 1.54) is 18.5 Å². The topological polar surface area (TPSA) is 188 Å². The highest BCUT2D eigenvalue weighted by atomic mass is 32.2. The van der Waals surface area contributed by atoms with Crippen LogP contribution in [-0.4, -0.2) is 54.9 Å². The molecule has 0 spiro atoms. The summed E-state index contributed by atoms with van der Waals surface area (Å²) >= 11 is 0. The molecule has 2 aromatic heterocycles. The van der Waals surface area contributed by atoms with Crippen molar-refractivity contribution in [1.29, 1.82) is 0 Å². The number of halogens is 3. The summed E-state index contributed by atoms with van der Waals surface area (Å²) in [7, 11) is -7.66. The molecule has 1 aliphatic rings. The van der Waals surface area contributed by atoms with Crippen LogP contribution in [0.2, 0.25) is 0 Å². The zero-order chi connectivity index (χ0) is 30.7. The number of hydrogen-bond donors (Lipinski definition) is 4. The SMILES string of the molecule is O=C(O)C(F)(F)F.O=C1CC(c2ccc(C[C@H](NS(=O)(=O)c3cccnc3)c3nc4ccccc4[nH]3)cc2)S(=O)(=O)N1. The number of H-pyrrole nitrogens is 1. The van der Waals surface area contributed by atoms with Gasteiger partial charge < -0.3 is 10.1 Å². The number of carbonyl (C=O) groups is 2. The van der Waals surface area contributed by atoms with Crippen LogP contribution < -0.4 is 9.44 Å². The molecule has 3 heterocycles. The second-order valence-electron chi connectivity index (χ2n) is 9.01. The molecule has 0 saturated carbocycles. The fourth-order valence-corrected chi connectivity index (χ4v) is 6.64. The molecule has 1 fully saturated rings. The Hall–Kier alpha value is -4.35. The lowest BCUT2D eigenvalue weighted by atomic mass is 10.0. The molecule has 1 aliphatic heterocycles. The number of fused-ring (bicyclic) bond motifs is 1. The number of aromatic amines is 1. The first-order valence-electron chi connectivity index (χ1n) is 12.0. The van der Waals surface area contributed by atoms with Crippen LogP contribution in [-0.2, 0) is 36.1 Å². The van der Waals surface area contributed by atoms with Gasteiger partial charge in [0.15, 0.2) is 0 Å². The number of hydrogen-bond acceptors (Lipinski definition) is 8. The Morgan fingerprint density at radius 1 is 1.10 bits per heavy atom. The van der Waals surface area contributed by atoms with E-state index in [1.54, 1.807) is 30.3 Å². The minimum Gasteiger partial charge on any atom is -0.475 e. The Bertz CT molecular complexity index is 1780. The minimum atomic E-state index is -5.08. The minimum absolute atomic E-state index is 0.0278. The van der Waals surface area contributed by atoms with E-state index in [-0.39, 0.29) is 17.7 Å². The second-order valence-corrected chi connectivity index (χ2v) is 12.6. The number of sulfonamides is 2. The molecule has 222 valence electrons. The van der Waals surface area contributed by atoms with Gasteiger partial charge in [0.1, 0.15) is 16.0 Å². The highest BCUT2D eigenvalue weighted by molar-refractivity contribution is 7.90. The molecule has 1 saturated heterocycles. The molecule has 0 aliphatic carbocycles. The molecule has 12 nitrogen and oxygen atoms in total. The van der Waals surface area contributed by atoms with Gasteiger partial charge in [-0.05, 0) is 41.8 Å². The number of imidazole rings is 1. The molecule has 0 radical (unpaired) electrons. The van der Waals surface area contributed by atoms with Crippen molar-refractivity contribution in [3.8, 4) is 0 Å². The molecule has 42 heavy (non-hydrogen) atoms. The monoisotopic (exact) mass is 625 g/mol. The van der Waals surface area contributed by atoms with Crippen molar-refractivity contribution in [2.24, 2.45) is 0 Å². The average Bonchev–Trinajstić information content (AvgIpc) is 3.48. The first-order valence-corrected chi connectivity index (χ1v) is 15.0. The van der Waals surface area contributed by atoms with Crippen LogP contribution >= 0.6 is 0 Å². The molecule has 4 N–H and O–H groups in total. The second kappa shape index (κ2) is 11.9. The standard InChI is InChI=1S/C23H21N5O5S2.C2HF3O2/c29-22-13-21(35(32,33)28-22)16-9-7-15(8-10-16)12-20(23-25-18-5-1-2-6-19(18)26-23)27-34(30,31)17-4-3-11-24-14-17;3-2(4,5)1(6)7/h1-11,14,20-21,27H,12-13H2,(H,25,26)(H,28,29);(H,6,7)/t20-,21?;/m0./s1. The summed E-state index contributed by atoms with van der Waals surface area (Å²) in [5.41, 5.74) is 2.71. The maximum Gasteiger partial charge on any atom is 0.490 e. The maximum atomic E-state index is 13.1. The zero-order valence-corrected chi connectivity index (χ0v) is 22.9. The van der Waals surface area contributed by atoms with Crippen molar-refractivity contribution in [3.05, 3.63) is 90.0 Å². The Kier molecular flexibility index (Phi) is 8.65. The Morgan fingerprint density at radius 3 is 2.31 bits per heavy atom. The van der Waals surface area contributed by atoms with E-state index in [1.807, 2.05) is 29.0 Å². The number of benzene rings is 2. The third kappa shape index (κ3) is 7.29. The van der Waals surface area contributed by atoms with Gasteiger partial charge in [0.25, 0.3) is 0 Å². The molecule has 5 rings (SSSR count). The normalized spacial score (nSPS) is 17.2. The van der Waals surface area contributed by atoms with E-state index in [0.29, 0.717) is 16.9 Å². The highest BCUT2D eigenvalue weighted by Crippen LogP contribution is 2.31. The number of aromatic nitrogens is 3. The summed E-state index contributed by atoms with van der Waals surface area (Å²) in [6.07, 6.45) is -2.21. The highest BCUT2D eigenvalue weighted by Gasteiger charge is 2.38. The molecule has 4 aromatic rings. The summed E-state index contributed by atoms with van der Waals surface area (Å²) in [6.45, 7) is 0. The quantitative estimate of drug-likeness (QED) is 0.239. The van der Waals surface area contributed by atoms with Crippen LogP contribution in [0, 0.1) is 0 Å². The Morgan fingerprint density at radius 2 is 1.76 bits per heavy atom. The largest absolute Gasteiger partial charge is 0.490 e. The predicted octanol–water partition coefficient (Wildman–Crippen LogP) is 2.74. The van der Waals surface area contributed by atoms with Gasteiger partial charge >= 0.3 is 12.1 Å². The molecule has 2 atom stereocenters. The summed E-state index contributed by atoms with van der Waals surface area (Å²) in [5.74, 6) is -2.85. The van der Waals surface area contributed by atoms with E-state index >= 15 is 0 Å². The van der Waals surface area contributed by atoms with Gasteiger partial charge in [-0.25, -0.2) is 31.3 Å². The molecule has 2 aromatic carbocycles. The van der Waals surface area contributed by atoms with Crippen LogP contribution in [0.1, 0.15) is 34.7 Å². The van der Waals surface area contributed by atoms with Crippen LogP contribution in [0.15, 0.2) is 78.0 Å². The van der Waals surface area contributed by atoms with E-state index in [2.05, 4.69) is 19.7 Å². The molecule has 17 heteroatoms. The maximum absolute atomic E-state index is 13.1. The molecular formula is C25H22F3N5O7S2. The summed E-state index contributed by atoms with van der Waals surface area (Å²) in [6, 6.07) is 16.4. The lowest BCUT2D eigenvalue weighted by Gasteiger charge is -2.17. The van der Waals surface area contributed by atoms with E-state index in [4.69, 9.17) is 9.90 Å². The lowest BCUT2D eigenvalue weighted by molar-refractivity contribution is -0.192. The number of para-hydroxylation sites is 2. The summed E-state index contributed by atoms with van der Waals surface area (Å²) < 4.78 is 86.9. The lowest BCUT2D eigenvalue weighted by Crippen LogP contribution is -2.31. The molecule has 1 amide bonds. The van der Waals surface area contributed by atoms with Crippen molar-refractivity contribution in [3.63, 3.8) is 0 Å². The van der Waals surface area contributed by atoms with Gasteiger partial charge in [-0.3, -0.25) is 14.5 Å². The number of aliphatic carboxylic acids is 1. The number of pyridine rings is 1. The van der Waals surface area contributed by atoms with Crippen LogP contribution in [0.25, 0.3) is 11.0 Å². The van der Waals surface area contributed by atoms with Gasteiger partial charge in [-0.2, -0.15) is 13.2 Å². The van der Waals surface area contributed by atoms with E-state index in [0.717, 1.165) is 11.1 Å². The van der Waals surface area contributed by atoms with Crippen LogP contribution in [0.4, 0.5) is 13.2 Å². The van der Waals surface area contributed by atoms with Crippen LogP contribution in [0.3, 0.4) is 0 Å². The third-order valence-electron chi connectivity index (χ3n) is 6.02. The van der Waals surface area contributed by atoms with Gasteiger partial charge in [-0.1, -0.05) is 36.4 Å². The summed E-state index contributed by atoms with van der Waals surface area (Å²) in [5, 5.41) is 6.18. The number of carboxylic acid groups (broad SMARTS) is 1. The van der Waals surface area contributed by atoms with Gasteiger partial charge in [0, 0.05) is 12.4 Å². The molecule has 1 unspecified atom stereocenters. The number of rotatable bonds is 7. The van der Waals surface area contributed by atoms with Crippen molar-refractivity contribution in [2.75, 3.05) is 0 Å². The Balaban J connectivity index is 0.000000517. The predicted molar refractivity (Wildman–Crippen MR) is 142 cm³/mol. The number of carboxylic acids is 1. The van der Waals surface area contributed by atoms with Gasteiger partial charge in [0.05, 0.1) is 23.5 Å². The number of amides is 1. The van der Waals surface area contributed by atoms with Crippen molar-refractivity contribution in [2.45, 2.75) is 35.2 Å². The van der Waals surface area contributed by atoms with E-state index in [9.17, 15) is 34.8 Å². The van der Waals surface area contributed by atoms with Gasteiger partial charge in [0.2, 0.25) is 26.0 Å². The third-order valence-corrected chi connectivity index (χ3v) is 9.17. The fraction of sp³-hybridized carbons (Fsp3) is 0.200. The number of alkyl halides is 3. The fourth-order valence-electron chi connectivity index (χ4n) is 4.04. The Labute approximate surface area is 237 Å². The number of nitrogens with one attached hydrogen (secondary N) is 3. The zero-order valence-electron chi connectivity index (χ0n) is 21.2. The van der Waals surface area contributed by atoms with E-state index < -0.39 is 49.4 Å².